The number of nitrogens with zero attached hydrogens (tertiary/aromatic N) is 2. The van der Waals surface area contributed by atoms with Gasteiger partial charge in [0.15, 0.2) is 0 Å². The number of benzene rings is 4. The van der Waals surface area contributed by atoms with Gasteiger partial charge in [0.2, 0.25) is 0 Å². The van der Waals surface area contributed by atoms with Crippen LogP contribution in [-0.2, 0) is 12.8 Å². The number of hydrogen-bond acceptors (Lipinski definition) is 11. The highest BCUT2D eigenvalue weighted by Gasteiger charge is 2.28. The van der Waals surface area contributed by atoms with Crippen LogP contribution >= 0.6 is 0 Å². The Morgan fingerprint density at radius 2 is 1.54 bits per heavy atom. The molecule has 4 aromatic rings. The molecular weight excluding hydrogens is 640 g/mol. The van der Waals surface area contributed by atoms with E-state index in [4.69, 9.17) is 30.4 Å². The van der Waals surface area contributed by atoms with E-state index in [0.29, 0.717) is 11.3 Å². The molecule has 0 bridgehead atoms. The summed E-state index contributed by atoms with van der Waals surface area (Å²) >= 11 is 0. The fourth-order valence-electron chi connectivity index (χ4n) is 6.04. The topological polar surface area (TPSA) is 169 Å². The van der Waals surface area contributed by atoms with Gasteiger partial charge < -0.3 is 35.3 Å². The van der Waals surface area contributed by atoms with E-state index in [2.05, 4.69) is 17.9 Å². The lowest BCUT2D eigenvalue weighted by Crippen LogP contribution is -2.34. The predicted molar refractivity (Wildman–Crippen MR) is 192 cm³/mol. The molecule has 0 amide bonds. The average molecular weight is 683 g/mol. The van der Waals surface area contributed by atoms with Gasteiger partial charge >= 0.3 is 11.9 Å². The maximum absolute atomic E-state index is 12.4. The van der Waals surface area contributed by atoms with Crippen molar-refractivity contribution in [2.45, 2.75) is 51.9 Å². The van der Waals surface area contributed by atoms with Crippen LogP contribution in [-0.4, -0.2) is 43.7 Å². The number of anilines is 3. The Morgan fingerprint density at radius 3 is 2.22 bits per heavy atom. The van der Waals surface area contributed by atoms with Gasteiger partial charge in [-0.2, -0.15) is 0 Å². The third-order valence-electron chi connectivity index (χ3n) is 8.50. The van der Waals surface area contributed by atoms with Crippen LogP contribution in [0, 0.1) is 10.1 Å². The van der Waals surface area contributed by atoms with Crippen molar-refractivity contribution in [1.82, 2.24) is 0 Å². The zero-order valence-electron chi connectivity index (χ0n) is 28.3. The monoisotopic (exact) mass is 682 g/mol. The van der Waals surface area contributed by atoms with Gasteiger partial charge in [0.1, 0.15) is 28.6 Å². The molecule has 0 atom stereocenters. The van der Waals surface area contributed by atoms with Crippen LogP contribution in [0.25, 0.3) is 0 Å². The predicted octanol–water partition coefficient (Wildman–Crippen LogP) is 7.16. The van der Waals surface area contributed by atoms with Crippen molar-refractivity contribution >= 4 is 34.7 Å². The SMILES string of the molecule is CCCCCOc1c(N)cc2c3c1CCCN3CCC2.COc1cc(OC(=O)c2ccc(N)cc2)ccc1C(=O)Oc1ccc([N+](=O)[O-])cc1. The van der Waals surface area contributed by atoms with Crippen molar-refractivity contribution in [3.63, 3.8) is 0 Å². The third kappa shape index (κ3) is 8.62. The Kier molecular flexibility index (Phi) is 11.8. The Balaban J connectivity index is 0.000000210. The van der Waals surface area contributed by atoms with Crippen molar-refractivity contribution in [2.75, 3.05) is 43.2 Å². The van der Waals surface area contributed by atoms with Gasteiger partial charge in [-0.3, -0.25) is 10.1 Å². The fraction of sp³-hybridized carbons (Fsp3) is 0.316. The highest BCUT2D eigenvalue weighted by atomic mass is 16.6. The number of nitro groups is 1. The maximum atomic E-state index is 12.4. The second kappa shape index (κ2) is 16.6. The molecule has 0 fully saturated rings. The van der Waals surface area contributed by atoms with Gasteiger partial charge in [-0.25, -0.2) is 9.59 Å². The molecule has 2 aliphatic heterocycles. The summed E-state index contributed by atoms with van der Waals surface area (Å²) in [5.41, 5.74) is 17.8. The summed E-state index contributed by atoms with van der Waals surface area (Å²) in [6.45, 7) is 5.40. The van der Waals surface area contributed by atoms with Crippen molar-refractivity contribution < 1.29 is 33.5 Å². The Morgan fingerprint density at radius 1 is 0.860 bits per heavy atom. The molecule has 0 aromatic heterocycles. The van der Waals surface area contributed by atoms with E-state index in [-0.39, 0.29) is 28.5 Å². The normalized spacial score (nSPS) is 12.9. The van der Waals surface area contributed by atoms with Crippen LogP contribution in [0.3, 0.4) is 0 Å². The van der Waals surface area contributed by atoms with E-state index >= 15 is 0 Å². The molecule has 12 nitrogen and oxygen atoms in total. The van der Waals surface area contributed by atoms with Crippen LogP contribution in [0.15, 0.2) is 72.8 Å². The van der Waals surface area contributed by atoms with E-state index in [1.165, 1.54) is 124 Å². The van der Waals surface area contributed by atoms with Crippen molar-refractivity contribution in [3.05, 3.63) is 105 Å². The fourth-order valence-corrected chi connectivity index (χ4v) is 6.04. The number of carbonyl (C=O) groups is 2. The van der Waals surface area contributed by atoms with Crippen LogP contribution < -0.4 is 35.3 Å². The van der Waals surface area contributed by atoms with Crippen molar-refractivity contribution in [3.8, 4) is 23.0 Å². The van der Waals surface area contributed by atoms with Crippen LogP contribution in [0.2, 0.25) is 0 Å². The lowest BCUT2D eigenvalue weighted by molar-refractivity contribution is -0.384. The first-order valence-corrected chi connectivity index (χ1v) is 16.7. The van der Waals surface area contributed by atoms with Crippen LogP contribution in [0.5, 0.6) is 23.0 Å². The first kappa shape index (κ1) is 35.5. The summed E-state index contributed by atoms with van der Waals surface area (Å²) < 4.78 is 21.8. The Hall–Kier alpha value is -5.78. The molecule has 2 heterocycles. The van der Waals surface area contributed by atoms with E-state index < -0.39 is 16.9 Å². The summed E-state index contributed by atoms with van der Waals surface area (Å²) in [6.07, 6.45) is 8.34. The molecule has 6 rings (SSSR count). The summed E-state index contributed by atoms with van der Waals surface area (Å²) in [4.78, 5) is 37.3. The molecule has 2 aliphatic rings. The average Bonchev–Trinajstić information content (AvgIpc) is 3.12. The van der Waals surface area contributed by atoms with E-state index in [1.54, 1.807) is 12.1 Å². The first-order valence-electron chi connectivity index (χ1n) is 16.7. The standard InChI is InChI=1S/C21H16N2O7.C17H26N2O/c1-28-19-12-17(30-20(24)13-2-4-14(22)5-3-13)10-11-18(19)21(25)29-16-8-6-15(7-9-16)23(26)27;1-2-3-4-11-20-17-14-8-6-10-19-9-5-7-13(16(14)19)12-15(17)18/h2-12H,22H2,1H3;12H,2-11,18H2,1H3. The van der Waals surface area contributed by atoms with Gasteiger partial charge in [-0.15, -0.1) is 0 Å². The van der Waals surface area contributed by atoms with Crippen molar-refractivity contribution in [2.24, 2.45) is 0 Å². The molecule has 262 valence electrons. The second-order valence-corrected chi connectivity index (χ2v) is 12.0. The molecule has 0 unspecified atom stereocenters. The number of methoxy groups -OCH3 is 1. The molecule has 0 spiro atoms. The van der Waals surface area contributed by atoms with Gasteiger partial charge in [0.25, 0.3) is 5.69 Å². The smallest absolute Gasteiger partial charge is 0.347 e. The van der Waals surface area contributed by atoms with E-state index in [0.717, 1.165) is 30.9 Å². The number of ether oxygens (including phenoxy) is 4. The van der Waals surface area contributed by atoms with Crippen LogP contribution in [0.4, 0.5) is 22.7 Å². The first-order chi connectivity index (χ1) is 24.2. The van der Waals surface area contributed by atoms with Gasteiger partial charge in [-0.05, 0) is 92.3 Å². The molecular formula is C38H42N4O8. The van der Waals surface area contributed by atoms with Gasteiger partial charge in [0.05, 0.1) is 29.9 Å². The Labute approximate surface area is 291 Å². The molecule has 4 aromatic carbocycles. The molecule has 12 heteroatoms. The summed E-state index contributed by atoms with van der Waals surface area (Å²) in [5.74, 6) is 0.0680. The molecule has 0 saturated carbocycles. The quantitative estimate of drug-likeness (QED) is 0.0411. The van der Waals surface area contributed by atoms with E-state index in [1.807, 2.05) is 0 Å². The summed E-state index contributed by atoms with van der Waals surface area (Å²) in [5, 5.41) is 10.7. The summed E-state index contributed by atoms with van der Waals surface area (Å²) in [7, 11) is 1.35. The zero-order valence-corrected chi connectivity index (χ0v) is 28.3. The molecule has 0 aliphatic carbocycles. The number of aryl methyl sites for hydroxylation is 1. The number of carbonyl (C=O) groups excluding carboxylic acids is 2. The summed E-state index contributed by atoms with van der Waals surface area (Å²) in [6, 6.07) is 17.6. The number of rotatable bonds is 11. The zero-order chi connectivity index (χ0) is 35.6. The molecule has 0 radical (unpaired) electrons. The number of non-ortho nitro benzene ring substituents is 1. The second-order valence-electron chi connectivity index (χ2n) is 12.0. The molecule has 50 heavy (non-hydrogen) atoms. The lowest BCUT2D eigenvalue weighted by atomic mass is 9.90. The van der Waals surface area contributed by atoms with Gasteiger partial charge in [0, 0.05) is 48.2 Å². The van der Waals surface area contributed by atoms with Gasteiger partial charge in [-0.1, -0.05) is 19.8 Å². The lowest BCUT2D eigenvalue weighted by Gasteiger charge is -2.38. The molecule has 0 saturated heterocycles. The van der Waals surface area contributed by atoms with Crippen LogP contribution in [0.1, 0.15) is 70.9 Å². The minimum Gasteiger partial charge on any atom is -0.496 e. The minimum absolute atomic E-state index is 0.0862. The minimum atomic E-state index is -0.739. The Bertz CT molecular complexity index is 1820. The number of nitro benzene ring substituents is 1. The number of hydrogen-bond donors (Lipinski definition) is 2. The third-order valence-corrected chi connectivity index (χ3v) is 8.50. The van der Waals surface area contributed by atoms with E-state index in [9.17, 15) is 19.7 Å². The van der Waals surface area contributed by atoms with Crippen molar-refractivity contribution in [1.29, 1.82) is 0 Å². The largest absolute Gasteiger partial charge is 0.496 e. The number of unbranched alkanes of at least 4 members (excludes halogenated alkanes) is 2. The number of nitrogens with two attached hydrogens (primary N) is 2. The number of esters is 2. The maximum Gasteiger partial charge on any atom is 0.347 e. The molecule has 4 N–H and O–H groups in total. The highest BCUT2D eigenvalue weighted by Crippen LogP contribution is 2.43. The highest BCUT2D eigenvalue weighted by molar-refractivity contribution is 5.95. The number of nitrogen functional groups attached to an aromatic ring is 2.